The smallest absolute Gasteiger partial charge is 0.00979 e. The molecule has 19 heavy (non-hydrogen) atoms. The van der Waals surface area contributed by atoms with Crippen LogP contribution in [-0.4, -0.2) is 12.6 Å². The van der Waals surface area contributed by atoms with Crippen LogP contribution in [0.5, 0.6) is 0 Å². The quantitative estimate of drug-likeness (QED) is 0.712. The minimum atomic E-state index is 0.522. The highest BCUT2D eigenvalue weighted by atomic mass is 14.9. The highest BCUT2D eigenvalue weighted by Gasteiger charge is 2.35. The van der Waals surface area contributed by atoms with Crippen LogP contribution >= 0.6 is 0 Å². The number of rotatable bonds is 6. The van der Waals surface area contributed by atoms with Gasteiger partial charge in [-0.1, -0.05) is 40.5 Å². The van der Waals surface area contributed by atoms with E-state index >= 15 is 0 Å². The van der Waals surface area contributed by atoms with E-state index in [1.54, 1.807) is 0 Å². The molecule has 2 rings (SSSR count). The zero-order valence-corrected chi connectivity index (χ0v) is 13.7. The first kappa shape index (κ1) is 15.4. The lowest BCUT2D eigenvalue weighted by Gasteiger charge is -2.40. The summed E-state index contributed by atoms with van der Waals surface area (Å²) in [7, 11) is 0. The Kier molecular flexibility index (Phi) is 5.34. The van der Waals surface area contributed by atoms with Gasteiger partial charge in [-0.05, 0) is 68.2 Å². The molecule has 2 fully saturated rings. The molecule has 0 radical (unpaired) electrons. The van der Waals surface area contributed by atoms with Crippen molar-refractivity contribution < 1.29 is 0 Å². The number of hydrogen-bond donors (Lipinski definition) is 1. The molecule has 1 heteroatoms. The second-order valence-corrected chi connectivity index (χ2v) is 8.22. The Labute approximate surface area is 120 Å². The molecule has 1 unspecified atom stereocenters. The zero-order valence-electron chi connectivity index (χ0n) is 13.7. The van der Waals surface area contributed by atoms with E-state index in [1.807, 2.05) is 0 Å². The second-order valence-electron chi connectivity index (χ2n) is 8.22. The van der Waals surface area contributed by atoms with Gasteiger partial charge in [-0.25, -0.2) is 0 Å². The third kappa shape index (κ3) is 4.77. The Morgan fingerprint density at radius 3 is 2.11 bits per heavy atom. The summed E-state index contributed by atoms with van der Waals surface area (Å²) in [5.74, 6) is 2.98. The molecule has 0 amide bonds. The van der Waals surface area contributed by atoms with Crippen molar-refractivity contribution in [3.05, 3.63) is 0 Å². The molecule has 0 aromatic carbocycles. The van der Waals surface area contributed by atoms with Crippen molar-refractivity contribution in [1.82, 2.24) is 5.32 Å². The summed E-state index contributed by atoms with van der Waals surface area (Å²) < 4.78 is 0. The summed E-state index contributed by atoms with van der Waals surface area (Å²) in [5.41, 5.74) is 0.522. The van der Waals surface area contributed by atoms with Gasteiger partial charge in [-0.15, -0.1) is 0 Å². The number of nitrogens with one attached hydrogen (secondary N) is 1. The maximum atomic E-state index is 3.86. The number of hydrogen-bond acceptors (Lipinski definition) is 1. The predicted molar refractivity (Wildman–Crippen MR) is 84.3 cm³/mol. The molecule has 0 spiro atoms. The van der Waals surface area contributed by atoms with E-state index in [1.165, 1.54) is 57.9 Å². The van der Waals surface area contributed by atoms with Gasteiger partial charge in [0.1, 0.15) is 0 Å². The Bertz CT molecular complexity index is 253. The van der Waals surface area contributed by atoms with Crippen molar-refractivity contribution in [2.45, 2.75) is 85.1 Å². The highest BCUT2D eigenvalue weighted by Crippen LogP contribution is 2.43. The summed E-state index contributed by atoms with van der Waals surface area (Å²) in [4.78, 5) is 0. The summed E-state index contributed by atoms with van der Waals surface area (Å²) in [6.07, 6.45) is 11.6. The van der Waals surface area contributed by atoms with E-state index in [-0.39, 0.29) is 0 Å². The zero-order chi connectivity index (χ0) is 13.9. The standard InChI is InChI=1S/C18H35N/c1-5-12-19-17(13-14-6-7-14)15-8-10-16(11-9-15)18(2,3)4/h14-17,19H,5-13H2,1-4H3. The van der Waals surface area contributed by atoms with E-state index in [9.17, 15) is 0 Å². The van der Waals surface area contributed by atoms with E-state index in [2.05, 4.69) is 33.0 Å². The van der Waals surface area contributed by atoms with Crippen LogP contribution in [0.3, 0.4) is 0 Å². The molecule has 1 nitrogen and oxygen atoms in total. The van der Waals surface area contributed by atoms with Crippen LogP contribution in [-0.2, 0) is 0 Å². The molecule has 112 valence electrons. The third-order valence-corrected chi connectivity index (χ3v) is 5.51. The summed E-state index contributed by atoms with van der Waals surface area (Å²) in [5, 5.41) is 3.86. The van der Waals surface area contributed by atoms with Crippen molar-refractivity contribution in [1.29, 1.82) is 0 Å². The van der Waals surface area contributed by atoms with E-state index in [4.69, 9.17) is 0 Å². The van der Waals surface area contributed by atoms with Crippen molar-refractivity contribution in [2.24, 2.45) is 23.2 Å². The van der Waals surface area contributed by atoms with Gasteiger partial charge < -0.3 is 5.32 Å². The average Bonchev–Trinajstić information content (AvgIpc) is 3.17. The van der Waals surface area contributed by atoms with Crippen LogP contribution < -0.4 is 5.32 Å². The molecule has 0 aromatic rings. The third-order valence-electron chi connectivity index (χ3n) is 5.51. The molecule has 1 N–H and O–H groups in total. The topological polar surface area (TPSA) is 12.0 Å². The van der Waals surface area contributed by atoms with Crippen LogP contribution in [0.15, 0.2) is 0 Å². The van der Waals surface area contributed by atoms with E-state index in [0.29, 0.717) is 5.41 Å². The molecule has 0 aliphatic heterocycles. The largest absolute Gasteiger partial charge is 0.314 e. The minimum absolute atomic E-state index is 0.522. The van der Waals surface area contributed by atoms with Gasteiger partial charge in [0.05, 0.1) is 0 Å². The van der Waals surface area contributed by atoms with Crippen molar-refractivity contribution in [2.75, 3.05) is 6.54 Å². The van der Waals surface area contributed by atoms with Gasteiger partial charge in [-0.2, -0.15) is 0 Å². The first-order chi connectivity index (χ1) is 9.00. The van der Waals surface area contributed by atoms with Gasteiger partial charge in [0.2, 0.25) is 0 Å². The molecule has 2 aliphatic rings. The fourth-order valence-electron chi connectivity index (χ4n) is 3.87. The van der Waals surface area contributed by atoms with Crippen LogP contribution in [0.25, 0.3) is 0 Å². The van der Waals surface area contributed by atoms with Gasteiger partial charge in [-0.3, -0.25) is 0 Å². The molecule has 0 saturated heterocycles. The predicted octanol–water partition coefficient (Wildman–Crippen LogP) is 5.01. The van der Waals surface area contributed by atoms with Gasteiger partial charge >= 0.3 is 0 Å². The average molecular weight is 265 g/mol. The SMILES string of the molecule is CCCNC(CC1CC1)C1CCC(C(C)(C)C)CC1. The van der Waals surface area contributed by atoms with E-state index in [0.717, 1.165) is 23.8 Å². The minimum Gasteiger partial charge on any atom is -0.314 e. The van der Waals surface area contributed by atoms with Crippen molar-refractivity contribution in [3.63, 3.8) is 0 Å². The van der Waals surface area contributed by atoms with Crippen LogP contribution in [0.1, 0.15) is 79.1 Å². The van der Waals surface area contributed by atoms with Crippen LogP contribution in [0, 0.1) is 23.2 Å². The lowest BCUT2D eigenvalue weighted by Crippen LogP contribution is -2.40. The summed E-state index contributed by atoms with van der Waals surface area (Å²) in [6.45, 7) is 10.8. The van der Waals surface area contributed by atoms with Gasteiger partial charge in [0.25, 0.3) is 0 Å². The molecule has 1 atom stereocenters. The highest BCUT2D eigenvalue weighted by molar-refractivity contribution is 4.89. The fourth-order valence-corrected chi connectivity index (χ4v) is 3.87. The Hall–Kier alpha value is -0.0400. The second kappa shape index (κ2) is 6.61. The molecular formula is C18H35N. The summed E-state index contributed by atoms with van der Waals surface area (Å²) in [6, 6.07) is 0.827. The maximum Gasteiger partial charge on any atom is 0.00979 e. The fraction of sp³-hybridized carbons (Fsp3) is 1.00. The lowest BCUT2D eigenvalue weighted by atomic mass is 9.68. The summed E-state index contributed by atoms with van der Waals surface area (Å²) >= 11 is 0. The molecule has 2 aliphatic carbocycles. The first-order valence-electron chi connectivity index (χ1n) is 8.74. The van der Waals surface area contributed by atoms with Crippen LogP contribution in [0.2, 0.25) is 0 Å². The molecule has 0 aromatic heterocycles. The maximum absolute atomic E-state index is 3.86. The lowest BCUT2D eigenvalue weighted by molar-refractivity contribution is 0.129. The molecule has 2 saturated carbocycles. The Morgan fingerprint density at radius 1 is 1.00 bits per heavy atom. The molecular weight excluding hydrogens is 230 g/mol. The monoisotopic (exact) mass is 265 g/mol. The molecule has 0 heterocycles. The Morgan fingerprint density at radius 2 is 1.63 bits per heavy atom. The molecule has 0 bridgehead atoms. The van der Waals surface area contributed by atoms with Gasteiger partial charge in [0, 0.05) is 6.04 Å². The Balaban J connectivity index is 1.81. The van der Waals surface area contributed by atoms with Gasteiger partial charge in [0.15, 0.2) is 0 Å². The van der Waals surface area contributed by atoms with Crippen molar-refractivity contribution in [3.8, 4) is 0 Å². The van der Waals surface area contributed by atoms with E-state index < -0.39 is 0 Å². The van der Waals surface area contributed by atoms with Crippen LogP contribution in [0.4, 0.5) is 0 Å². The van der Waals surface area contributed by atoms with Crippen molar-refractivity contribution >= 4 is 0 Å². The normalized spacial score (nSPS) is 30.3. The first-order valence-corrected chi connectivity index (χ1v) is 8.74.